The van der Waals surface area contributed by atoms with Crippen LogP contribution in [0.3, 0.4) is 0 Å². The van der Waals surface area contributed by atoms with E-state index in [-0.39, 0.29) is 11.9 Å². The summed E-state index contributed by atoms with van der Waals surface area (Å²) in [5.41, 5.74) is 1.90. The summed E-state index contributed by atoms with van der Waals surface area (Å²) in [5, 5.41) is 3.64. The third kappa shape index (κ3) is 4.43. The Morgan fingerprint density at radius 1 is 1.32 bits per heavy atom. The molecule has 0 fully saturated rings. The first-order chi connectivity index (χ1) is 8.85. The minimum absolute atomic E-state index is 0.0976. The number of aryl methyl sites for hydroxylation is 2. The molecule has 0 heterocycles. The van der Waals surface area contributed by atoms with E-state index in [9.17, 15) is 4.79 Å². The quantitative estimate of drug-likeness (QED) is 0.896. The molecule has 1 N–H and O–H groups in total. The summed E-state index contributed by atoms with van der Waals surface area (Å²) < 4.78 is 5.67. The van der Waals surface area contributed by atoms with E-state index in [1.54, 1.807) is 6.92 Å². The highest BCUT2D eigenvalue weighted by molar-refractivity contribution is 6.32. The lowest BCUT2D eigenvalue weighted by atomic mass is 10.1. The molecule has 4 heteroatoms. The number of hydrogen-bond donors (Lipinski definition) is 1. The van der Waals surface area contributed by atoms with Gasteiger partial charge >= 0.3 is 0 Å². The monoisotopic (exact) mass is 283 g/mol. The summed E-state index contributed by atoms with van der Waals surface area (Å²) in [6, 6.07) is 3.86. The molecular weight excluding hydrogens is 262 g/mol. The molecule has 3 nitrogen and oxygen atoms in total. The maximum Gasteiger partial charge on any atom is 0.260 e. The van der Waals surface area contributed by atoms with Crippen LogP contribution < -0.4 is 10.1 Å². The molecule has 0 aromatic heterocycles. The molecule has 1 aromatic rings. The van der Waals surface area contributed by atoms with Crippen molar-refractivity contribution in [2.24, 2.45) is 0 Å². The van der Waals surface area contributed by atoms with E-state index in [2.05, 4.69) is 5.32 Å². The van der Waals surface area contributed by atoms with Gasteiger partial charge < -0.3 is 10.1 Å². The number of amides is 1. The molecule has 0 saturated heterocycles. The van der Waals surface area contributed by atoms with Crippen LogP contribution in [0.15, 0.2) is 12.1 Å². The van der Waals surface area contributed by atoms with Gasteiger partial charge in [-0.1, -0.05) is 18.5 Å². The van der Waals surface area contributed by atoms with Gasteiger partial charge in [0, 0.05) is 11.1 Å². The number of ether oxygens (including phenoxy) is 1. The number of rotatable bonds is 5. The van der Waals surface area contributed by atoms with E-state index in [1.807, 2.05) is 39.8 Å². The predicted molar refractivity (Wildman–Crippen MR) is 78.9 cm³/mol. The van der Waals surface area contributed by atoms with Crippen LogP contribution in [-0.4, -0.2) is 18.1 Å². The first-order valence-electron chi connectivity index (χ1n) is 6.59. The van der Waals surface area contributed by atoms with Crippen molar-refractivity contribution < 1.29 is 9.53 Å². The highest BCUT2D eigenvalue weighted by Crippen LogP contribution is 2.26. The third-order valence-electron chi connectivity index (χ3n) is 3.09. The number of benzene rings is 1. The van der Waals surface area contributed by atoms with Gasteiger partial charge in [0.25, 0.3) is 5.91 Å². The van der Waals surface area contributed by atoms with E-state index in [0.717, 1.165) is 22.6 Å². The van der Waals surface area contributed by atoms with Gasteiger partial charge in [-0.2, -0.15) is 0 Å². The van der Waals surface area contributed by atoms with Crippen molar-refractivity contribution in [2.45, 2.75) is 53.2 Å². The fourth-order valence-electron chi connectivity index (χ4n) is 1.69. The summed E-state index contributed by atoms with van der Waals surface area (Å²) in [6.45, 7) is 9.60. The van der Waals surface area contributed by atoms with Gasteiger partial charge in [0.1, 0.15) is 5.75 Å². The largest absolute Gasteiger partial charge is 0.481 e. The summed E-state index contributed by atoms with van der Waals surface area (Å²) in [5.74, 6) is 0.575. The highest BCUT2D eigenvalue weighted by atomic mass is 35.5. The Morgan fingerprint density at radius 2 is 1.84 bits per heavy atom. The summed E-state index contributed by atoms with van der Waals surface area (Å²) in [7, 11) is 0. The summed E-state index contributed by atoms with van der Waals surface area (Å²) >= 11 is 6.10. The van der Waals surface area contributed by atoms with Gasteiger partial charge in [-0.15, -0.1) is 0 Å². The average molecular weight is 284 g/mol. The van der Waals surface area contributed by atoms with E-state index < -0.39 is 6.10 Å². The molecule has 106 valence electrons. The van der Waals surface area contributed by atoms with Crippen molar-refractivity contribution >= 4 is 17.5 Å². The second kappa shape index (κ2) is 6.80. The van der Waals surface area contributed by atoms with Crippen molar-refractivity contribution in [2.75, 3.05) is 0 Å². The molecule has 0 aliphatic rings. The Morgan fingerprint density at radius 3 is 2.32 bits per heavy atom. The van der Waals surface area contributed by atoms with Crippen molar-refractivity contribution in [3.05, 3.63) is 28.3 Å². The highest BCUT2D eigenvalue weighted by Gasteiger charge is 2.16. The number of halogens is 1. The number of carbonyl (C=O) groups is 1. The summed E-state index contributed by atoms with van der Waals surface area (Å²) in [6.07, 6.45) is 0.381. The van der Waals surface area contributed by atoms with Crippen LogP contribution in [0.25, 0.3) is 0 Å². The predicted octanol–water partition coefficient (Wildman–Crippen LogP) is 3.64. The zero-order valence-corrected chi connectivity index (χ0v) is 13.0. The van der Waals surface area contributed by atoms with Crippen LogP contribution in [0.5, 0.6) is 5.75 Å². The van der Waals surface area contributed by atoms with Gasteiger partial charge in [0.15, 0.2) is 6.10 Å². The molecule has 2 atom stereocenters. The Balaban J connectivity index is 2.71. The number of carbonyl (C=O) groups excluding carboxylic acids is 1. The van der Waals surface area contributed by atoms with E-state index in [0.29, 0.717) is 5.75 Å². The molecule has 19 heavy (non-hydrogen) atoms. The average Bonchev–Trinajstić information content (AvgIpc) is 2.35. The lowest BCUT2D eigenvalue weighted by molar-refractivity contribution is -0.127. The molecular formula is C15H22ClNO2. The molecule has 1 rings (SSSR count). The first-order valence-corrected chi connectivity index (χ1v) is 6.96. The molecule has 0 bridgehead atoms. The molecule has 0 spiro atoms. The number of nitrogens with one attached hydrogen (secondary N) is 1. The molecule has 0 aliphatic heterocycles. The molecule has 1 amide bonds. The molecule has 1 aromatic carbocycles. The Hall–Kier alpha value is -1.22. The van der Waals surface area contributed by atoms with Crippen LogP contribution in [0, 0.1) is 13.8 Å². The maximum atomic E-state index is 11.9. The van der Waals surface area contributed by atoms with E-state index in [4.69, 9.17) is 16.3 Å². The summed E-state index contributed by atoms with van der Waals surface area (Å²) in [4.78, 5) is 11.9. The van der Waals surface area contributed by atoms with Crippen molar-refractivity contribution in [3.63, 3.8) is 0 Å². The Labute approximate surface area is 120 Å². The Kier molecular flexibility index (Phi) is 5.67. The van der Waals surface area contributed by atoms with Crippen LogP contribution in [-0.2, 0) is 4.79 Å². The van der Waals surface area contributed by atoms with Gasteiger partial charge in [0.05, 0.1) is 0 Å². The zero-order chi connectivity index (χ0) is 14.6. The van der Waals surface area contributed by atoms with Crippen molar-refractivity contribution in [1.82, 2.24) is 5.32 Å². The van der Waals surface area contributed by atoms with E-state index in [1.165, 1.54) is 0 Å². The molecule has 0 radical (unpaired) electrons. The second-order valence-corrected chi connectivity index (χ2v) is 5.33. The lowest BCUT2D eigenvalue weighted by Crippen LogP contribution is -2.41. The minimum atomic E-state index is -0.519. The Bertz CT molecular complexity index is 436. The van der Waals surface area contributed by atoms with Gasteiger partial charge in [0.2, 0.25) is 0 Å². The topological polar surface area (TPSA) is 38.3 Å². The van der Waals surface area contributed by atoms with Crippen LogP contribution in [0.2, 0.25) is 5.02 Å². The van der Waals surface area contributed by atoms with Crippen molar-refractivity contribution in [1.29, 1.82) is 0 Å². The van der Waals surface area contributed by atoms with Gasteiger partial charge in [-0.05, 0) is 57.4 Å². The minimum Gasteiger partial charge on any atom is -0.481 e. The normalized spacial score (nSPS) is 13.8. The molecule has 0 saturated carbocycles. The van der Waals surface area contributed by atoms with Crippen LogP contribution >= 0.6 is 11.6 Å². The van der Waals surface area contributed by atoms with E-state index >= 15 is 0 Å². The van der Waals surface area contributed by atoms with Gasteiger partial charge in [-0.3, -0.25) is 4.79 Å². The van der Waals surface area contributed by atoms with Crippen molar-refractivity contribution in [3.8, 4) is 5.75 Å². The lowest BCUT2D eigenvalue weighted by Gasteiger charge is -2.18. The maximum absolute atomic E-state index is 11.9. The smallest absolute Gasteiger partial charge is 0.260 e. The second-order valence-electron chi connectivity index (χ2n) is 4.95. The molecule has 0 unspecified atom stereocenters. The standard InChI is InChI=1S/C15H22ClNO2/c1-6-11(4)17-15(18)12(5)19-13-7-9(2)14(16)10(3)8-13/h7-8,11-12H,6H2,1-5H3,(H,17,18)/t11-,12-/m0/s1. The third-order valence-corrected chi connectivity index (χ3v) is 3.69. The fourth-order valence-corrected chi connectivity index (χ4v) is 1.80. The first kappa shape index (κ1) is 15.8. The van der Waals surface area contributed by atoms with Crippen LogP contribution in [0.4, 0.5) is 0 Å². The fraction of sp³-hybridized carbons (Fsp3) is 0.533. The number of hydrogen-bond acceptors (Lipinski definition) is 2. The SMILES string of the molecule is CC[C@H](C)NC(=O)[C@H](C)Oc1cc(C)c(Cl)c(C)c1. The van der Waals surface area contributed by atoms with Gasteiger partial charge in [-0.25, -0.2) is 0 Å². The van der Waals surface area contributed by atoms with Crippen LogP contribution in [0.1, 0.15) is 38.3 Å². The molecule has 0 aliphatic carbocycles. The zero-order valence-electron chi connectivity index (χ0n) is 12.2.